The molecule has 0 aromatic carbocycles. The summed E-state index contributed by atoms with van der Waals surface area (Å²) in [5.74, 6) is -1.71. The van der Waals surface area contributed by atoms with Crippen LogP contribution in [0.25, 0.3) is 0 Å². The maximum atomic E-state index is 12.1. The summed E-state index contributed by atoms with van der Waals surface area (Å²) in [7, 11) is 0. The largest absolute Gasteiger partial charge is 0.478 e. The van der Waals surface area contributed by atoms with Crippen molar-refractivity contribution >= 4 is 11.9 Å². The van der Waals surface area contributed by atoms with E-state index in [1.54, 1.807) is 6.20 Å². The highest BCUT2D eigenvalue weighted by Crippen LogP contribution is 2.08. The molecule has 2 N–H and O–H groups in total. The summed E-state index contributed by atoms with van der Waals surface area (Å²) in [5.41, 5.74) is 1.59. The van der Waals surface area contributed by atoms with Crippen LogP contribution in [0.1, 0.15) is 39.0 Å². The number of carboxylic acids is 1. The predicted molar refractivity (Wildman–Crippen MR) is 76.0 cm³/mol. The lowest BCUT2D eigenvalue weighted by Gasteiger charge is -2.09. The lowest BCUT2D eigenvalue weighted by molar-refractivity contribution is 0.0690. The van der Waals surface area contributed by atoms with Crippen molar-refractivity contribution in [1.82, 2.24) is 15.3 Å². The molecule has 0 aliphatic rings. The first-order chi connectivity index (χ1) is 10.1. The Morgan fingerprint density at radius 1 is 1.19 bits per heavy atom. The number of nitrogens with one attached hydrogen (secondary N) is 1. The third-order valence-electron chi connectivity index (χ3n) is 3.04. The molecule has 6 heteroatoms. The van der Waals surface area contributed by atoms with E-state index in [2.05, 4.69) is 15.3 Å². The fourth-order valence-electron chi connectivity index (χ4n) is 1.96. The van der Waals surface area contributed by atoms with E-state index in [9.17, 15) is 9.59 Å². The number of nitrogens with zero attached hydrogens (tertiary/aromatic N) is 2. The molecule has 0 unspecified atom stereocenters. The molecule has 2 aromatic heterocycles. The first kappa shape index (κ1) is 14.6. The van der Waals surface area contributed by atoms with E-state index >= 15 is 0 Å². The monoisotopic (exact) mass is 285 g/mol. The average Bonchev–Trinajstić information content (AvgIpc) is 2.52. The number of carbonyl (C=O) groups excluding carboxylic acids is 1. The van der Waals surface area contributed by atoms with Crippen LogP contribution in [0.2, 0.25) is 0 Å². The van der Waals surface area contributed by atoms with Crippen LogP contribution >= 0.6 is 0 Å². The van der Waals surface area contributed by atoms with Crippen LogP contribution in [-0.2, 0) is 13.0 Å². The molecule has 0 aliphatic heterocycles. The third kappa shape index (κ3) is 3.42. The molecule has 108 valence electrons. The maximum absolute atomic E-state index is 12.1. The zero-order chi connectivity index (χ0) is 15.2. The summed E-state index contributed by atoms with van der Waals surface area (Å²) in [5, 5.41) is 11.7. The number of aromatic nitrogens is 2. The van der Waals surface area contributed by atoms with Crippen LogP contribution in [-0.4, -0.2) is 27.0 Å². The second-order valence-electron chi connectivity index (χ2n) is 4.35. The smallest absolute Gasteiger partial charge is 0.338 e. The summed E-state index contributed by atoms with van der Waals surface area (Å²) in [6.07, 6.45) is 3.85. The number of carbonyl (C=O) groups is 2. The van der Waals surface area contributed by atoms with Gasteiger partial charge in [0, 0.05) is 12.4 Å². The van der Waals surface area contributed by atoms with Crippen molar-refractivity contribution in [3.63, 3.8) is 0 Å². The van der Waals surface area contributed by atoms with Crippen LogP contribution in [0, 0.1) is 0 Å². The Kier molecular flexibility index (Phi) is 4.61. The van der Waals surface area contributed by atoms with E-state index in [0.717, 1.165) is 17.7 Å². The normalized spacial score (nSPS) is 10.1. The molecule has 0 saturated carbocycles. The molecular weight excluding hydrogens is 270 g/mol. The molecule has 0 aliphatic carbocycles. The topological polar surface area (TPSA) is 92.2 Å². The van der Waals surface area contributed by atoms with Gasteiger partial charge in [-0.1, -0.05) is 13.0 Å². The summed E-state index contributed by atoms with van der Waals surface area (Å²) in [4.78, 5) is 31.2. The van der Waals surface area contributed by atoms with E-state index in [1.807, 2.05) is 19.1 Å². The van der Waals surface area contributed by atoms with E-state index < -0.39 is 11.9 Å². The van der Waals surface area contributed by atoms with Crippen LogP contribution in [0.5, 0.6) is 0 Å². The van der Waals surface area contributed by atoms with Crippen molar-refractivity contribution in [2.24, 2.45) is 0 Å². The summed E-state index contributed by atoms with van der Waals surface area (Å²) >= 11 is 0. The quantitative estimate of drug-likeness (QED) is 0.871. The highest BCUT2D eigenvalue weighted by atomic mass is 16.4. The van der Waals surface area contributed by atoms with Gasteiger partial charge in [0.05, 0.1) is 17.8 Å². The van der Waals surface area contributed by atoms with Crippen molar-refractivity contribution in [2.45, 2.75) is 19.9 Å². The van der Waals surface area contributed by atoms with Gasteiger partial charge < -0.3 is 10.4 Å². The Morgan fingerprint density at radius 3 is 2.62 bits per heavy atom. The van der Waals surface area contributed by atoms with Crippen LogP contribution < -0.4 is 5.32 Å². The minimum Gasteiger partial charge on any atom is -0.478 e. The molecule has 21 heavy (non-hydrogen) atoms. The van der Waals surface area contributed by atoms with Crippen molar-refractivity contribution < 1.29 is 14.7 Å². The molecule has 6 nitrogen and oxygen atoms in total. The molecule has 0 atom stereocenters. The second-order valence-corrected chi connectivity index (χ2v) is 4.35. The highest BCUT2D eigenvalue weighted by molar-refractivity contribution is 6.03. The molecular formula is C15H15N3O3. The van der Waals surface area contributed by atoms with Gasteiger partial charge in [-0.3, -0.25) is 14.8 Å². The number of rotatable bonds is 5. The van der Waals surface area contributed by atoms with Gasteiger partial charge in [-0.15, -0.1) is 0 Å². The number of carboxylic acid groups (broad SMARTS) is 1. The molecule has 0 spiro atoms. The molecule has 0 fully saturated rings. The molecule has 1 amide bonds. The Morgan fingerprint density at radius 2 is 1.90 bits per heavy atom. The van der Waals surface area contributed by atoms with Gasteiger partial charge in [0.1, 0.15) is 5.69 Å². The minimum atomic E-state index is -1.18. The zero-order valence-corrected chi connectivity index (χ0v) is 11.5. The van der Waals surface area contributed by atoms with Gasteiger partial charge in [0.15, 0.2) is 0 Å². The lowest BCUT2D eigenvalue weighted by atomic mass is 10.1. The van der Waals surface area contributed by atoms with Gasteiger partial charge in [0.2, 0.25) is 0 Å². The fraction of sp³-hybridized carbons (Fsp3) is 0.200. The Labute approximate surface area is 121 Å². The molecule has 0 bridgehead atoms. The second kappa shape index (κ2) is 6.60. The Hall–Kier alpha value is -2.76. The Bertz CT molecular complexity index is 671. The first-order valence-electron chi connectivity index (χ1n) is 6.52. The number of aryl methyl sites for hydroxylation is 1. The summed E-state index contributed by atoms with van der Waals surface area (Å²) in [6, 6.07) is 6.61. The minimum absolute atomic E-state index is 0.0982. The number of pyridine rings is 2. The van der Waals surface area contributed by atoms with Gasteiger partial charge in [-0.05, 0) is 30.2 Å². The third-order valence-corrected chi connectivity index (χ3v) is 3.04. The molecule has 2 rings (SSSR count). The maximum Gasteiger partial charge on any atom is 0.338 e. The van der Waals surface area contributed by atoms with Crippen molar-refractivity contribution in [2.75, 3.05) is 0 Å². The SMILES string of the molecule is CCc1cccnc1CNC(=O)c1ncccc1C(=O)O. The van der Waals surface area contributed by atoms with Gasteiger partial charge in [0.25, 0.3) is 5.91 Å². The van der Waals surface area contributed by atoms with E-state index in [1.165, 1.54) is 18.3 Å². The van der Waals surface area contributed by atoms with Crippen molar-refractivity contribution in [1.29, 1.82) is 0 Å². The van der Waals surface area contributed by atoms with Gasteiger partial charge in [-0.2, -0.15) is 0 Å². The number of hydrogen-bond acceptors (Lipinski definition) is 4. The summed E-state index contributed by atoms with van der Waals surface area (Å²) in [6.45, 7) is 2.24. The lowest BCUT2D eigenvalue weighted by Crippen LogP contribution is -2.27. The Balaban J connectivity index is 2.14. The van der Waals surface area contributed by atoms with E-state index in [0.29, 0.717) is 0 Å². The van der Waals surface area contributed by atoms with Crippen LogP contribution in [0.3, 0.4) is 0 Å². The highest BCUT2D eigenvalue weighted by Gasteiger charge is 2.17. The molecule has 2 heterocycles. The first-order valence-corrected chi connectivity index (χ1v) is 6.52. The zero-order valence-electron chi connectivity index (χ0n) is 11.5. The standard InChI is InChI=1S/C15H15N3O3/c1-2-10-5-3-7-16-12(10)9-18-14(19)13-11(15(20)21)6-4-8-17-13/h3-8H,2,9H2,1H3,(H,18,19)(H,20,21). The number of hydrogen-bond donors (Lipinski definition) is 2. The van der Waals surface area contributed by atoms with Crippen molar-refractivity contribution in [3.05, 3.63) is 59.2 Å². The number of aromatic carboxylic acids is 1. The number of amides is 1. The van der Waals surface area contributed by atoms with E-state index in [4.69, 9.17) is 5.11 Å². The predicted octanol–water partition coefficient (Wildman–Crippen LogP) is 1.67. The van der Waals surface area contributed by atoms with Crippen LogP contribution in [0.4, 0.5) is 0 Å². The van der Waals surface area contributed by atoms with Crippen LogP contribution in [0.15, 0.2) is 36.7 Å². The van der Waals surface area contributed by atoms with E-state index in [-0.39, 0.29) is 17.8 Å². The van der Waals surface area contributed by atoms with Gasteiger partial charge in [-0.25, -0.2) is 4.79 Å². The molecule has 2 aromatic rings. The molecule has 0 saturated heterocycles. The van der Waals surface area contributed by atoms with Crippen molar-refractivity contribution in [3.8, 4) is 0 Å². The fourth-order valence-corrected chi connectivity index (χ4v) is 1.96. The molecule has 0 radical (unpaired) electrons. The average molecular weight is 285 g/mol. The summed E-state index contributed by atoms with van der Waals surface area (Å²) < 4.78 is 0. The van der Waals surface area contributed by atoms with Gasteiger partial charge >= 0.3 is 5.97 Å².